The molecule has 0 radical (unpaired) electrons. The predicted molar refractivity (Wildman–Crippen MR) is 191 cm³/mol. The fourth-order valence-electron chi connectivity index (χ4n) is 6.86. The van der Waals surface area contributed by atoms with Crippen LogP contribution in [0.5, 0.6) is 5.75 Å². The molecule has 11 heteroatoms. The molecule has 1 aliphatic carbocycles. The molecule has 10 nitrogen and oxygen atoms in total. The second kappa shape index (κ2) is 17.5. The Kier molecular flexibility index (Phi) is 12.9. The molecule has 1 fully saturated rings. The lowest BCUT2D eigenvalue weighted by atomic mass is 9.95. The van der Waals surface area contributed by atoms with Crippen LogP contribution in [0.25, 0.3) is 10.8 Å². The number of carbonyl (C=O) groups is 4. The van der Waals surface area contributed by atoms with Gasteiger partial charge in [0.1, 0.15) is 23.9 Å². The van der Waals surface area contributed by atoms with Gasteiger partial charge in [-0.05, 0) is 73.0 Å². The van der Waals surface area contributed by atoms with E-state index in [2.05, 4.69) is 21.3 Å². The minimum atomic E-state index is -0.879. The molecule has 1 saturated carbocycles. The SMILES string of the molecule is CCC(=O)N[C@@H](Cc1ccc2ccccc2c1)C(=O)N[C@H](C(=O)N[C@@H](CCCCN)C(=O)N[C@@H]1CCOc2cc(Cl)ccc21)C1CCCC1. The van der Waals surface area contributed by atoms with E-state index in [-0.39, 0.29) is 36.6 Å². The van der Waals surface area contributed by atoms with Gasteiger partial charge in [-0.25, -0.2) is 0 Å². The zero-order chi connectivity index (χ0) is 34.8. The Morgan fingerprint density at radius 1 is 0.857 bits per heavy atom. The highest BCUT2D eigenvalue weighted by atomic mass is 35.5. The summed E-state index contributed by atoms with van der Waals surface area (Å²) < 4.78 is 5.77. The number of nitrogens with two attached hydrogens (primary N) is 1. The molecule has 262 valence electrons. The highest BCUT2D eigenvalue weighted by Gasteiger charge is 2.36. The first kappa shape index (κ1) is 36.1. The average molecular weight is 690 g/mol. The van der Waals surface area contributed by atoms with Crippen LogP contribution < -0.4 is 31.7 Å². The van der Waals surface area contributed by atoms with E-state index in [4.69, 9.17) is 22.1 Å². The number of fused-ring (bicyclic) bond motifs is 2. The largest absolute Gasteiger partial charge is 0.493 e. The van der Waals surface area contributed by atoms with E-state index in [1.165, 1.54) is 0 Å². The van der Waals surface area contributed by atoms with Gasteiger partial charge in [-0.15, -0.1) is 0 Å². The quantitative estimate of drug-likeness (QED) is 0.144. The van der Waals surface area contributed by atoms with Crippen LogP contribution in [0.1, 0.15) is 81.9 Å². The minimum absolute atomic E-state index is 0.0907. The lowest BCUT2D eigenvalue weighted by Gasteiger charge is -2.31. The maximum absolute atomic E-state index is 14.1. The highest BCUT2D eigenvalue weighted by Crippen LogP contribution is 2.34. The van der Waals surface area contributed by atoms with Crippen molar-refractivity contribution in [3.05, 3.63) is 76.8 Å². The van der Waals surface area contributed by atoms with Crippen LogP contribution in [-0.2, 0) is 25.6 Å². The Labute approximate surface area is 293 Å². The Balaban J connectivity index is 1.32. The molecule has 49 heavy (non-hydrogen) atoms. The molecular weight excluding hydrogens is 642 g/mol. The van der Waals surface area contributed by atoms with Gasteiger partial charge in [0, 0.05) is 29.8 Å². The fourth-order valence-corrected chi connectivity index (χ4v) is 7.02. The first-order valence-corrected chi connectivity index (χ1v) is 17.9. The van der Waals surface area contributed by atoms with Crippen LogP contribution in [0.2, 0.25) is 5.02 Å². The number of carbonyl (C=O) groups excluding carboxylic acids is 4. The van der Waals surface area contributed by atoms with Gasteiger partial charge in [-0.3, -0.25) is 19.2 Å². The molecule has 4 amide bonds. The second-order valence-corrected chi connectivity index (χ2v) is 13.6. The number of amides is 4. The summed E-state index contributed by atoms with van der Waals surface area (Å²) in [5, 5.41) is 14.7. The van der Waals surface area contributed by atoms with E-state index in [0.717, 1.165) is 47.6 Å². The fraction of sp³-hybridized carbons (Fsp3) is 0.474. The summed E-state index contributed by atoms with van der Waals surface area (Å²) in [5.74, 6) is -0.852. The van der Waals surface area contributed by atoms with Crippen LogP contribution in [0.4, 0.5) is 0 Å². The summed E-state index contributed by atoms with van der Waals surface area (Å²) in [4.78, 5) is 54.4. The molecule has 3 aromatic rings. The normalized spacial score (nSPS) is 17.7. The lowest BCUT2D eigenvalue weighted by molar-refractivity contribution is -0.135. The average Bonchev–Trinajstić information content (AvgIpc) is 3.64. The third-order valence-electron chi connectivity index (χ3n) is 9.59. The van der Waals surface area contributed by atoms with E-state index in [9.17, 15) is 19.2 Å². The Morgan fingerprint density at radius 2 is 1.63 bits per heavy atom. The molecule has 3 aromatic carbocycles. The Bertz CT molecular complexity index is 1630. The van der Waals surface area contributed by atoms with Gasteiger partial charge < -0.3 is 31.7 Å². The standard InChI is InChI=1S/C38H48ClN5O5/c1-2-34(45)41-32(22-24-14-15-25-9-3-6-12-27(25)21-24)37(47)44-35(26-10-4-5-11-26)38(48)43-31(13-7-8-19-40)36(46)42-30-18-20-49-33-23-28(39)16-17-29(30)33/h3,6,9,12,14-17,21,23,26,30-32,35H,2,4-5,7-8,10-11,13,18-20,22,40H2,1H3,(H,41,45)(H,42,46)(H,43,48)(H,44,47)/t30-,31+,32+,35+/m1/s1. The van der Waals surface area contributed by atoms with Gasteiger partial charge in [-0.1, -0.05) is 79.9 Å². The lowest BCUT2D eigenvalue weighted by Crippen LogP contribution is -2.59. The van der Waals surface area contributed by atoms with E-state index < -0.39 is 29.9 Å². The molecule has 4 atom stereocenters. The number of unbranched alkanes of at least 4 members (excludes halogenated alkanes) is 1. The van der Waals surface area contributed by atoms with Crippen molar-refractivity contribution in [2.24, 2.45) is 11.7 Å². The number of nitrogens with one attached hydrogen (secondary N) is 4. The van der Waals surface area contributed by atoms with Crippen LogP contribution in [0.3, 0.4) is 0 Å². The first-order valence-electron chi connectivity index (χ1n) is 17.6. The van der Waals surface area contributed by atoms with Crippen molar-refractivity contribution >= 4 is 46.0 Å². The van der Waals surface area contributed by atoms with Crippen molar-refractivity contribution in [3.63, 3.8) is 0 Å². The van der Waals surface area contributed by atoms with Crippen molar-refractivity contribution in [1.82, 2.24) is 21.3 Å². The monoisotopic (exact) mass is 689 g/mol. The van der Waals surface area contributed by atoms with Gasteiger partial charge >= 0.3 is 0 Å². The molecule has 0 bridgehead atoms. The number of hydrogen-bond acceptors (Lipinski definition) is 6. The number of hydrogen-bond donors (Lipinski definition) is 5. The van der Waals surface area contributed by atoms with Crippen molar-refractivity contribution < 1.29 is 23.9 Å². The third kappa shape index (κ3) is 9.73. The summed E-state index contributed by atoms with van der Waals surface area (Å²) in [6, 6.07) is 16.4. The molecule has 0 unspecified atom stereocenters. The second-order valence-electron chi connectivity index (χ2n) is 13.1. The summed E-state index contributed by atoms with van der Waals surface area (Å²) in [5.41, 5.74) is 7.48. The molecule has 0 saturated heterocycles. The summed E-state index contributed by atoms with van der Waals surface area (Å²) in [7, 11) is 0. The number of benzene rings is 3. The van der Waals surface area contributed by atoms with Crippen LogP contribution in [-0.4, -0.2) is 54.9 Å². The number of rotatable bonds is 15. The smallest absolute Gasteiger partial charge is 0.243 e. The first-order chi connectivity index (χ1) is 23.7. The van der Waals surface area contributed by atoms with E-state index in [1.54, 1.807) is 19.1 Å². The highest BCUT2D eigenvalue weighted by molar-refractivity contribution is 6.30. The van der Waals surface area contributed by atoms with E-state index in [0.29, 0.717) is 49.6 Å². The molecule has 6 N–H and O–H groups in total. The maximum Gasteiger partial charge on any atom is 0.243 e. The van der Waals surface area contributed by atoms with Crippen LogP contribution in [0.15, 0.2) is 60.7 Å². The summed E-state index contributed by atoms with van der Waals surface area (Å²) in [6.07, 6.45) is 6.26. The molecular formula is C38H48ClN5O5. The van der Waals surface area contributed by atoms with Crippen molar-refractivity contribution in [2.75, 3.05) is 13.2 Å². The summed E-state index contributed by atoms with van der Waals surface area (Å²) >= 11 is 6.17. The zero-order valence-electron chi connectivity index (χ0n) is 28.1. The maximum atomic E-state index is 14.1. The van der Waals surface area contributed by atoms with E-state index >= 15 is 0 Å². The zero-order valence-corrected chi connectivity index (χ0v) is 28.9. The van der Waals surface area contributed by atoms with Gasteiger partial charge in [0.05, 0.1) is 12.6 Å². The number of ether oxygens (including phenoxy) is 1. The Hall–Kier alpha value is -4.15. The molecule has 0 aromatic heterocycles. The molecule has 0 spiro atoms. The van der Waals surface area contributed by atoms with Gasteiger partial charge in [0.2, 0.25) is 23.6 Å². The topological polar surface area (TPSA) is 152 Å². The molecule has 2 aliphatic rings. The predicted octanol–water partition coefficient (Wildman–Crippen LogP) is 4.86. The van der Waals surface area contributed by atoms with Crippen molar-refractivity contribution in [3.8, 4) is 5.75 Å². The molecule has 5 rings (SSSR count). The van der Waals surface area contributed by atoms with E-state index in [1.807, 2.05) is 48.5 Å². The molecule has 1 heterocycles. The Morgan fingerprint density at radius 3 is 2.39 bits per heavy atom. The number of halogens is 1. The molecule has 1 aliphatic heterocycles. The van der Waals surface area contributed by atoms with Gasteiger partial charge in [-0.2, -0.15) is 0 Å². The van der Waals surface area contributed by atoms with Crippen molar-refractivity contribution in [2.45, 2.75) is 95.3 Å². The van der Waals surface area contributed by atoms with Crippen molar-refractivity contribution in [1.29, 1.82) is 0 Å². The van der Waals surface area contributed by atoms with Gasteiger partial charge in [0.15, 0.2) is 0 Å². The van der Waals surface area contributed by atoms with Crippen LogP contribution >= 0.6 is 11.6 Å². The summed E-state index contributed by atoms with van der Waals surface area (Å²) in [6.45, 7) is 2.63. The minimum Gasteiger partial charge on any atom is -0.493 e. The van der Waals surface area contributed by atoms with Crippen LogP contribution in [0, 0.1) is 5.92 Å². The van der Waals surface area contributed by atoms with Gasteiger partial charge in [0.25, 0.3) is 0 Å². The third-order valence-corrected chi connectivity index (χ3v) is 9.82.